The fraction of sp³-hybridized carbons (Fsp3) is 0.258. The van der Waals surface area contributed by atoms with Crippen LogP contribution in [0, 0.1) is 0 Å². The van der Waals surface area contributed by atoms with Crippen molar-refractivity contribution in [1.29, 1.82) is 0 Å². The van der Waals surface area contributed by atoms with E-state index in [1.165, 1.54) is 0 Å². The van der Waals surface area contributed by atoms with Gasteiger partial charge in [0.2, 0.25) is 0 Å². The summed E-state index contributed by atoms with van der Waals surface area (Å²) in [6.07, 6.45) is -0.497. The SMILES string of the molecule is C1=C(OCc2ccccc2)[C@@H](OCc2ccccc2)[C@@H](COCc2ccccc2)O[C@@H]1/C=C1\O[C@H](COCc2ccccc2)[C@@H](OCc2ccccc2)[C@H](OCc2ccccc2)[C@H]1OCc1ccccc1. The maximum absolute atomic E-state index is 7.18. The van der Waals surface area contributed by atoms with E-state index >= 15 is 0 Å². The van der Waals surface area contributed by atoms with Crippen LogP contribution in [0.1, 0.15) is 38.9 Å². The molecule has 0 amide bonds. The number of benzene rings is 7. The van der Waals surface area contributed by atoms with E-state index in [1.807, 2.05) is 140 Å². The lowest BCUT2D eigenvalue weighted by atomic mass is 9.95. The highest BCUT2D eigenvalue weighted by Gasteiger charge is 2.47. The average Bonchev–Trinajstić information content (AvgIpc) is 3.43. The maximum atomic E-state index is 7.18. The van der Waals surface area contributed by atoms with Gasteiger partial charge in [-0.2, -0.15) is 0 Å². The normalized spacial score (nSPS) is 21.5. The van der Waals surface area contributed by atoms with Crippen molar-refractivity contribution in [3.05, 3.63) is 275 Å². The minimum absolute atomic E-state index is 0.209. The van der Waals surface area contributed by atoms with Gasteiger partial charge in [0.05, 0.1) is 52.9 Å². The Morgan fingerprint density at radius 3 is 1.14 bits per heavy atom. The zero-order valence-electron chi connectivity index (χ0n) is 39.9. The minimum atomic E-state index is -0.740. The van der Waals surface area contributed by atoms with E-state index in [9.17, 15) is 0 Å². The van der Waals surface area contributed by atoms with Gasteiger partial charge in [0.1, 0.15) is 54.7 Å². The van der Waals surface area contributed by atoms with Crippen LogP contribution in [-0.2, 0) is 88.9 Å². The summed E-state index contributed by atoms with van der Waals surface area (Å²) in [5.41, 5.74) is 7.21. The zero-order chi connectivity index (χ0) is 48.1. The van der Waals surface area contributed by atoms with Gasteiger partial charge in [0.25, 0.3) is 0 Å². The minimum Gasteiger partial charge on any atom is -0.491 e. The van der Waals surface area contributed by atoms with Crippen LogP contribution in [0.25, 0.3) is 0 Å². The summed E-state index contributed by atoms with van der Waals surface area (Å²) in [7, 11) is 0. The van der Waals surface area contributed by atoms with Crippen molar-refractivity contribution < 1.29 is 42.6 Å². The quantitative estimate of drug-likeness (QED) is 0.0588. The van der Waals surface area contributed by atoms with Gasteiger partial charge in [-0.15, -0.1) is 0 Å². The smallest absolute Gasteiger partial charge is 0.150 e. The molecule has 2 aliphatic rings. The summed E-state index contributed by atoms with van der Waals surface area (Å²) >= 11 is 0. The Balaban J connectivity index is 1.09. The van der Waals surface area contributed by atoms with Crippen LogP contribution >= 0.6 is 0 Å². The first-order valence-corrected chi connectivity index (χ1v) is 24.5. The van der Waals surface area contributed by atoms with Crippen LogP contribution in [0.3, 0.4) is 0 Å². The second-order valence-corrected chi connectivity index (χ2v) is 17.7. The van der Waals surface area contributed by atoms with Crippen LogP contribution in [0.5, 0.6) is 0 Å². The Bertz CT molecular complexity index is 2640. The zero-order valence-corrected chi connectivity index (χ0v) is 39.9. The summed E-state index contributed by atoms with van der Waals surface area (Å²) in [4.78, 5) is 0. The van der Waals surface area contributed by atoms with Crippen molar-refractivity contribution in [3.63, 3.8) is 0 Å². The molecule has 7 aromatic rings. The van der Waals surface area contributed by atoms with E-state index in [-0.39, 0.29) is 19.8 Å². The molecule has 9 heteroatoms. The number of rotatable bonds is 24. The molecule has 2 heterocycles. The molecule has 0 aromatic heterocycles. The fourth-order valence-electron chi connectivity index (χ4n) is 8.66. The first kappa shape index (κ1) is 49.3. The summed E-state index contributed by atoms with van der Waals surface area (Å²) < 4.78 is 61.7. The lowest BCUT2D eigenvalue weighted by Gasteiger charge is -2.44. The van der Waals surface area contributed by atoms with Crippen molar-refractivity contribution >= 4 is 0 Å². The third-order valence-electron chi connectivity index (χ3n) is 12.3. The highest BCUT2D eigenvalue weighted by molar-refractivity contribution is 5.25. The van der Waals surface area contributed by atoms with Crippen LogP contribution < -0.4 is 0 Å². The molecule has 0 N–H and O–H groups in total. The summed E-state index contributed by atoms with van der Waals surface area (Å²) in [5, 5.41) is 0. The van der Waals surface area contributed by atoms with Crippen LogP contribution in [0.15, 0.2) is 236 Å². The molecule has 0 bridgehead atoms. The maximum Gasteiger partial charge on any atom is 0.150 e. The van der Waals surface area contributed by atoms with Gasteiger partial charge in [0.15, 0.2) is 6.10 Å². The molecule has 1 fully saturated rings. The molecule has 71 heavy (non-hydrogen) atoms. The highest BCUT2D eigenvalue weighted by atomic mass is 16.6. The Hall–Kier alpha value is -6.66. The van der Waals surface area contributed by atoms with Crippen molar-refractivity contribution in [2.45, 2.75) is 89.0 Å². The summed E-state index contributed by atoms with van der Waals surface area (Å²) in [5.74, 6) is 1.16. The van der Waals surface area contributed by atoms with Gasteiger partial charge in [-0.1, -0.05) is 212 Å². The van der Waals surface area contributed by atoms with Gasteiger partial charge >= 0.3 is 0 Å². The Morgan fingerprint density at radius 2 is 0.704 bits per heavy atom. The standard InChI is InChI=1S/C62H62O9/c1-8-22-47(23-9-1)38-63-45-57-59(66-41-50-28-14-4-15-29-50)55(65-40-49-26-12-3-13-27-49)36-54(70-57)37-56-60(67-42-51-30-16-5-17-31-51)62(69-44-53-34-20-7-21-35-53)61(68-43-52-32-18-6-19-33-52)58(71-56)46-64-39-48-24-10-2-11-25-48/h1-37,54,57-62H,38-46H2/b56-37-/t54-,57+,58+,59+,60-,61+,62+/m0/s1. The molecule has 0 spiro atoms. The second kappa shape index (κ2) is 26.5. The predicted octanol–water partition coefficient (Wildman–Crippen LogP) is 11.9. The largest absolute Gasteiger partial charge is 0.491 e. The molecule has 0 aliphatic carbocycles. The van der Waals surface area contributed by atoms with Crippen molar-refractivity contribution in [2.24, 2.45) is 0 Å². The van der Waals surface area contributed by atoms with E-state index < -0.39 is 42.7 Å². The third-order valence-corrected chi connectivity index (χ3v) is 12.3. The Morgan fingerprint density at radius 1 is 0.352 bits per heavy atom. The molecule has 2 aliphatic heterocycles. The fourth-order valence-corrected chi connectivity index (χ4v) is 8.66. The molecule has 9 nitrogen and oxygen atoms in total. The number of hydrogen-bond acceptors (Lipinski definition) is 9. The van der Waals surface area contributed by atoms with Crippen molar-refractivity contribution in [1.82, 2.24) is 0 Å². The Labute approximate surface area is 418 Å². The van der Waals surface area contributed by atoms with Gasteiger partial charge < -0.3 is 42.6 Å². The molecular weight excluding hydrogens is 889 g/mol. The molecular formula is C62H62O9. The predicted molar refractivity (Wildman–Crippen MR) is 273 cm³/mol. The molecule has 0 unspecified atom stereocenters. The van der Waals surface area contributed by atoms with E-state index in [0.717, 1.165) is 38.9 Å². The monoisotopic (exact) mass is 950 g/mol. The third kappa shape index (κ3) is 14.9. The second-order valence-electron chi connectivity index (χ2n) is 17.7. The van der Waals surface area contributed by atoms with Crippen LogP contribution in [0.4, 0.5) is 0 Å². The van der Waals surface area contributed by atoms with Gasteiger partial charge in [0, 0.05) is 0 Å². The van der Waals surface area contributed by atoms with Crippen molar-refractivity contribution in [2.75, 3.05) is 13.2 Å². The lowest BCUT2D eigenvalue weighted by molar-refractivity contribution is -0.224. The van der Waals surface area contributed by atoms with Crippen LogP contribution in [-0.4, -0.2) is 55.9 Å². The highest BCUT2D eigenvalue weighted by Crippen LogP contribution is 2.35. The molecule has 0 saturated carbocycles. The first-order valence-electron chi connectivity index (χ1n) is 24.5. The average molecular weight is 951 g/mol. The van der Waals surface area contributed by atoms with Crippen LogP contribution in [0.2, 0.25) is 0 Å². The molecule has 7 atom stereocenters. The van der Waals surface area contributed by atoms with Gasteiger partial charge in [-0.3, -0.25) is 0 Å². The van der Waals surface area contributed by atoms with Crippen molar-refractivity contribution in [3.8, 4) is 0 Å². The van der Waals surface area contributed by atoms with Gasteiger partial charge in [-0.05, 0) is 51.1 Å². The summed E-state index contributed by atoms with van der Waals surface area (Å²) in [6.45, 7) is 2.82. The topological polar surface area (TPSA) is 83.1 Å². The number of ether oxygens (including phenoxy) is 9. The first-order chi connectivity index (χ1) is 35.2. The van der Waals surface area contributed by atoms with E-state index in [4.69, 9.17) is 42.6 Å². The van der Waals surface area contributed by atoms with E-state index in [2.05, 4.69) is 84.9 Å². The molecule has 1 saturated heterocycles. The number of hydrogen-bond donors (Lipinski definition) is 0. The molecule has 9 rings (SSSR count). The summed E-state index contributed by atoms with van der Waals surface area (Å²) in [6, 6.07) is 70.9. The molecule has 0 radical (unpaired) electrons. The molecule has 364 valence electrons. The van der Waals surface area contributed by atoms with Gasteiger partial charge in [-0.25, -0.2) is 0 Å². The van der Waals surface area contributed by atoms with E-state index in [0.29, 0.717) is 51.2 Å². The van der Waals surface area contributed by atoms with E-state index in [1.54, 1.807) is 0 Å². The lowest BCUT2D eigenvalue weighted by Crippen LogP contribution is -2.56. The molecule has 7 aromatic carbocycles. The Kier molecular flexibility index (Phi) is 18.4.